The number of rotatable bonds is 8. The van der Waals surface area contributed by atoms with E-state index in [2.05, 4.69) is 20.9 Å². The van der Waals surface area contributed by atoms with Crippen molar-refractivity contribution in [2.45, 2.75) is 44.9 Å². The summed E-state index contributed by atoms with van der Waals surface area (Å²) >= 11 is 0. The molecule has 0 atom stereocenters. The van der Waals surface area contributed by atoms with Crippen molar-refractivity contribution in [3.8, 4) is 5.88 Å². The highest BCUT2D eigenvalue weighted by Gasteiger charge is 2.16. The van der Waals surface area contributed by atoms with E-state index in [-0.39, 0.29) is 23.8 Å². The van der Waals surface area contributed by atoms with Crippen LogP contribution in [-0.4, -0.2) is 23.0 Å². The predicted octanol–water partition coefficient (Wildman–Crippen LogP) is 4.25. The molecular weight excluding hydrogens is 408 g/mol. The molecule has 3 N–H and O–H groups in total. The number of hydrogen-bond donors (Lipinski definition) is 3. The minimum absolute atomic E-state index is 0.249. The van der Waals surface area contributed by atoms with E-state index in [1.54, 1.807) is 30.5 Å². The molecule has 0 saturated heterocycles. The fraction of sp³-hybridized carbons (Fsp3) is 0.292. The number of carbonyl (C=O) groups excluding carboxylic acids is 2. The number of furan rings is 1. The molecule has 0 bridgehead atoms. The van der Waals surface area contributed by atoms with Gasteiger partial charge in [0, 0.05) is 31.0 Å². The van der Waals surface area contributed by atoms with Gasteiger partial charge in [-0.15, -0.1) is 0 Å². The Morgan fingerprint density at radius 3 is 2.34 bits per heavy atom. The third-order valence-corrected chi connectivity index (χ3v) is 5.25. The Morgan fingerprint density at radius 1 is 0.969 bits per heavy atom. The quantitative estimate of drug-likeness (QED) is 0.492. The molecule has 1 saturated carbocycles. The van der Waals surface area contributed by atoms with Crippen LogP contribution in [0.2, 0.25) is 0 Å². The third kappa shape index (κ3) is 6.10. The van der Waals surface area contributed by atoms with Gasteiger partial charge in [0.15, 0.2) is 5.76 Å². The highest BCUT2D eigenvalue weighted by molar-refractivity contribution is 6.02. The fourth-order valence-electron chi connectivity index (χ4n) is 3.50. The van der Waals surface area contributed by atoms with E-state index in [1.165, 1.54) is 19.1 Å². The van der Waals surface area contributed by atoms with Gasteiger partial charge in [-0.3, -0.25) is 4.79 Å². The standard InChI is InChI=1S/C24H26N4O4/c29-23(21-6-3-13-31-21)28-19-10-7-17(8-11-19)14-26-24(30)27-16-18-9-12-22(25-15-18)32-20-4-1-2-5-20/h3,6-13,15,20H,1-2,4-5,14,16H2,(H,28,29)(H2,26,27,30). The minimum Gasteiger partial charge on any atom is -0.474 e. The summed E-state index contributed by atoms with van der Waals surface area (Å²) in [6.07, 6.45) is 8.06. The second kappa shape index (κ2) is 10.5. The topological polar surface area (TPSA) is 105 Å². The van der Waals surface area contributed by atoms with Crippen molar-refractivity contribution < 1.29 is 18.7 Å². The predicted molar refractivity (Wildman–Crippen MR) is 119 cm³/mol. The second-order valence-corrected chi connectivity index (χ2v) is 7.69. The van der Waals surface area contributed by atoms with Crippen molar-refractivity contribution in [2.75, 3.05) is 5.32 Å². The molecule has 8 nitrogen and oxygen atoms in total. The first-order valence-electron chi connectivity index (χ1n) is 10.7. The van der Waals surface area contributed by atoms with Crippen molar-refractivity contribution in [1.29, 1.82) is 0 Å². The number of amides is 3. The Bertz CT molecular complexity index is 1010. The lowest BCUT2D eigenvalue weighted by Gasteiger charge is -2.12. The average molecular weight is 434 g/mol. The Morgan fingerprint density at radius 2 is 1.69 bits per heavy atom. The number of carbonyl (C=O) groups is 2. The molecule has 1 fully saturated rings. The Balaban J connectivity index is 1.17. The highest BCUT2D eigenvalue weighted by Crippen LogP contribution is 2.22. The van der Waals surface area contributed by atoms with Gasteiger partial charge in [0.2, 0.25) is 5.88 Å². The maximum absolute atomic E-state index is 12.1. The summed E-state index contributed by atoms with van der Waals surface area (Å²) in [6.45, 7) is 0.741. The Labute approximate surface area is 186 Å². The van der Waals surface area contributed by atoms with Gasteiger partial charge in [-0.1, -0.05) is 18.2 Å². The summed E-state index contributed by atoms with van der Waals surface area (Å²) in [5, 5.41) is 8.38. The molecule has 4 rings (SSSR count). The second-order valence-electron chi connectivity index (χ2n) is 7.69. The van der Waals surface area contributed by atoms with Gasteiger partial charge in [0.1, 0.15) is 6.10 Å². The molecule has 2 aromatic heterocycles. The lowest BCUT2D eigenvalue weighted by Crippen LogP contribution is -2.34. The van der Waals surface area contributed by atoms with Gasteiger partial charge in [0.05, 0.1) is 6.26 Å². The van der Waals surface area contributed by atoms with Crippen LogP contribution in [0.1, 0.15) is 47.4 Å². The number of pyridine rings is 1. The summed E-state index contributed by atoms with van der Waals surface area (Å²) in [4.78, 5) is 28.4. The number of anilines is 1. The summed E-state index contributed by atoms with van der Waals surface area (Å²) < 4.78 is 10.9. The van der Waals surface area contributed by atoms with Gasteiger partial charge >= 0.3 is 6.03 Å². The SMILES string of the molecule is O=C(NCc1ccc(NC(=O)c2ccco2)cc1)NCc1ccc(OC2CCCC2)nc1. The summed E-state index contributed by atoms with van der Waals surface area (Å²) in [7, 11) is 0. The van der Waals surface area contributed by atoms with Crippen molar-refractivity contribution in [2.24, 2.45) is 0 Å². The fourth-order valence-corrected chi connectivity index (χ4v) is 3.50. The molecule has 3 aromatic rings. The summed E-state index contributed by atoms with van der Waals surface area (Å²) in [5.74, 6) is 0.570. The Hall–Kier alpha value is -3.81. The molecule has 3 amide bonds. The first-order valence-corrected chi connectivity index (χ1v) is 10.7. The lowest BCUT2D eigenvalue weighted by atomic mass is 10.2. The summed E-state index contributed by atoms with van der Waals surface area (Å²) in [5.41, 5.74) is 2.45. The van der Waals surface area contributed by atoms with Crippen LogP contribution in [0.5, 0.6) is 5.88 Å². The number of nitrogens with one attached hydrogen (secondary N) is 3. The van der Waals surface area contributed by atoms with E-state index in [4.69, 9.17) is 9.15 Å². The van der Waals surface area contributed by atoms with E-state index in [9.17, 15) is 9.59 Å². The van der Waals surface area contributed by atoms with Crippen LogP contribution in [0, 0.1) is 0 Å². The number of hydrogen-bond acceptors (Lipinski definition) is 5. The van der Waals surface area contributed by atoms with Crippen LogP contribution >= 0.6 is 0 Å². The van der Waals surface area contributed by atoms with E-state index in [0.717, 1.165) is 24.0 Å². The molecule has 1 aliphatic carbocycles. The summed E-state index contributed by atoms with van der Waals surface area (Å²) in [6, 6.07) is 14.0. The molecular formula is C24H26N4O4. The average Bonchev–Trinajstić information content (AvgIpc) is 3.53. The van der Waals surface area contributed by atoms with Gasteiger partial charge in [-0.25, -0.2) is 9.78 Å². The first-order chi connectivity index (χ1) is 15.7. The van der Waals surface area contributed by atoms with E-state index < -0.39 is 0 Å². The molecule has 8 heteroatoms. The highest BCUT2D eigenvalue weighted by atomic mass is 16.5. The van der Waals surface area contributed by atoms with E-state index in [0.29, 0.717) is 24.7 Å². The molecule has 0 radical (unpaired) electrons. The monoisotopic (exact) mass is 434 g/mol. The maximum atomic E-state index is 12.1. The number of aromatic nitrogens is 1. The minimum atomic E-state index is -0.312. The van der Waals surface area contributed by atoms with Crippen LogP contribution in [0.3, 0.4) is 0 Å². The first kappa shape index (κ1) is 21.4. The number of nitrogens with zero attached hydrogens (tertiary/aromatic N) is 1. The molecule has 1 aromatic carbocycles. The van der Waals surface area contributed by atoms with Crippen molar-refractivity contribution >= 4 is 17.6 Å². The molecule has 0 spiro atoms. The largest absolute Gasteiger partial charge is 0.474 e. The zero-order valence-electron chi connectivity index (χ0n) is 17.7. The van der Waals surface area contributed by atoms with E-state index >= 15 is 0 Å². The van der Waals surface area contributed by atoms with Crippen molar-refractivity contribution in [1.82, 2.24) is 15.6 Å². The number of ether oxygens (including phenoxy) is 1. The smallest absolute Gasteiger partial charge is 0.315 e. The van der Waals surface area contributed by atoms with Crippen LogP contribution in [0.15, 0.2) is 65.4 Å². The van der Waals surface area contributed by atoms with Crippen LogP contribution < -0.4 is 20.7 Å². The van der Waals surface area contributed by atoms with Crippen LogP contribution in [0.25, 0.3) is 0 Å². The molecule has 0 unspecified atom stereocenters. The van der Waals surface area contributed by atoms with Crippen LogP contribution in [0.4, 0.5) is 10.5 Å². The van der Waals surface area contributed by atoms with Gasteiger partial charge in [0.25, 0.3) is 5.91 Å². The van der Waals surface area contributed by atoms with Gasteiger partial charge < -0.3 is 25.1 Å². The molecule has 1 aliphatic rings. The van der Waals surface area contributed by atoms with Gasteiger partial charge in [-0.05, 0) is 61.1 Å². The maximum Gasteiger partial charge on any atom is 0.315 e. The van der Waals surface area contributed by atoms with Crippen molar-refractivity contribution in [3.05, 3.63) is 77.9 Å². The van der Waals surface area contributed by atoms with E-state index in [1.807, 2.05) is 24.3 Å². The van der Waals surface area contributed by atoms with Crippen LogP contribution in [-0.2, 0) is 13.1 Å². The van der Waals surface area contributed by atoms with Crippen molar-refractivity contribution in [3.63, 3.8) is 0 Å². The third-order valence-electron chi connectivity index (χ3n) is 5.25. The zero-order valence-corrected chi connectivity index (χ0v) is 17.7. The molecule has 2 heterocycles. The number of benzene rings is 1. The number of urea groups is 1. The lowest BCUT2D eigenvalue weighted by molar-refractivity contribution is 0.0996. The molecule has 166 valence electrons. The van der Waals surface area contributed by atoms with Gasteiger partial charge in [-0.2, -0.15) is 0 Å². The normalized spacial score (nSPS) is 13.5. The molecule has 32 heavy (non-hydrogen) atoms. The molecule has 0 aliphatic heterocycles. The Kier molecular flexibility index (Phi) is 7.01. The zero-order chi connectivity index (χ0) is 22.2.